The Balaban J connectivity index is 1.55. The number of carbonyl (C=O) groups excluding carboxylic acids is 1. The average molecular weight is 382 g/mol. The molecule has 0 radical (unpaired) electrons. The highest BCUT2D eigenvalue weighted by Crippen LogP contribution is 2.18. The Kier molecular flexibility index (Phi) is 6.45. The summed E-state index contributed by atoms with van der Waals surface area (Å²) in [5.41, 5.74) is 1.13. The minimum atomic E-state index is -0.323. The summed E-state index contributed by atoms with van der Waals surface area (Å²) in [6, 6.07) is 19.1. The minimum absolute atomic E-state index is 0.0568. The van der Waals surface area contributed by atoms with Crippen LogP contribution < -0.4 is 10.1 Å². The lowest BCUT2D eigenvalue weighted by Gasteiger charge is -2.24. The molecule has 0 aliphatic carbocycles. The Bertz CT molecular complexity index is 892. The van der Waals surface area contributed by atoms with Gasteiger partial charge >= 0.3 is 0 Å². The van der Waals surface area contributed by atoms with Gasteiger partial charge in [-0.2, -0.15) is 0 Å². The third-order valence-electron chi connectivity index (χ3n) is 4.34. The number of halogens is 1. The highest BCUT2D eigenvalue weighted by atomic mass is 19.1. The first-order valence-corrected chi connectivity index (χ1v) is 8.99. The molecular formula is C22H23FN2O3. The molecular weight excluding hydrogens is 359 g/mol. The van der Waals surface area contributed by atoms with E-state index in [0.717, 1.165) is 5.56 Å². The van der Waals surface area contributed by atoms with Crippen molar-refractivity contribution in [2.75, 3.05) is 20.6 Å². The summed E-state index contributed by atoms with van der Waals surface area (Å²) in [5.74, 6) is 0.664. The number of ether oxygens (including phenoxy) is 1. The van der Waals surface area contributed by atoms with Crippen LogP contribution >= 0.6 is 0 Å². The highest BCUT2D eigenvalue weighted by Gasteiger charge is 2.17. The van der Waals surface area contributed by atoms with Crippen molar-refractivity contribution in [2.45, 2.75) is 12.6 Å². The quantitative estimate of drug-likeness (QED) is 0.639. The molecule has 3 aromatic rings. The number of nitrogens with one attached hydrogen (secondary N) is 1. The van der Waals surface area contributed by atoms with Crippen molar-refractivity contribution in [3.8, 4) is 5.75 Å². The molecule has 2 aromatic carbocycles. The van der Waals surface area contributed by atoms with E-state index in [0.29, 0.717) is 18.1 Å². The molecule has 28 heavy (non-hydrogen) atoms. The molecule has 0 fully saturated rings. The molecule has 1 heterocycles. The van der Waals surface area contributed by atoms with Gasteiger partial charge in [0.05, 0.1) is 6.04 Å². The monoisotopic (exact) mass is 382 g/mol. The van der Waals surface area contributed by atoms with E-state index in [-0.39, 0.29) is 30.1 Å². The standard InChI is InChI=1S/C22H23FN2O3/c1-25(2)20(16-6-4-3-5-7-16)14-24-22(26)21-13-12-19(28-21)15-27-18-10-8-17(23)9-11-18/h3-13,20H,14-15H2,1-2H3,(H,24,26). The van der Waals surface area contributed by atoms with Gasteiger partial charge in [-0.3, -0.25) is 4.79 Å². The zero-order valence-corrected chi connectivity index (χ0v) is 15.9. The molecule has 5 nitrogen and oxygen atoms in total. The SMILES string of the molecule is CN(C)C(CNC(=O)c1ccc(COc2ccc(F)cc2)o1)c1ccccc1. The van der Waals surface area contributed by atoms with Gasteiger partial charge in [0.25, 0.3) is 5.91 Å². The van der Waals surface area contributed by atoms with Gasteiger partial charge in [0.15, 0.2) is 5.76 Å². The summed E-state index contributed by atoms with van der Waals surface area (Å²) in [6.07, 6.45) is 0. The van der Waals surface area contributed by atoms with Gasteiger partial charge in [-0.15, -0.1) is 0 Å². The van der Waals surface area contributed by atoms with Gasteiger partial charge < -0.3 is 19.4 Å². The zero-order chi connectivity index (χ0) is 19.9. The fraction of sp³-hybridized carbons (Fsp3) is 0.227. The molecule has 3 rings (SSSR count). The number of rotatable bonds is 8. The second-order valence-electron chi connectivity index (χ2n) is 6.61. The van der Waals surface area contributed by atoms with Crippen LogP contribution in [0.3, 0.4) is 0 Å². The number of carbonyl (C=O) groups is 1. The molecule has 1 atom stereocenters. The number of furan rings is 1. The lowest BCUT2D eigenvalue weighted by Crippen LogP contribution is -2.34. The van der Waals surface area contributed by atoms with Crippen LogP contribution in [0.25, 0.3) is 0 Å². The molecule has 0 bridgehead atoms. The number of likely N-dealkylation sites (N-methyl/N-ethyl adjacent to an activating group) is 1. The Morgan fingerprint density at radius 3 is 2.46 bits per heavy atom. The number of amides is 1. The normalized spacial score (nSPS) is 12.0. The maximum absolute atomic E-state index is 12.9. The van der Waals surface area contributed by atoms with E-state index >= 15 is 0 Å². The zero-order valence-electron chi connectivity index (χ0n) is 15.9. The second-order valence-corrected chi connectivity index (χ2v) is 6.61. The van der Waals surface area contributed by atoms with Crippen LogP contribution in [0.15, 0.2) is 71.1 Å². The second kappa shape index (κ2) is 9.19. The number of benzene rings is 2. The molecule has 0 aliphatic rings. The van der Waals surface area contributed by atoms with Crippen molar-refractivity contribution in [2.24, 2.45) is 0 Å². The molecule has 0 aliphatic heterocycles. The van der Waals surface area contributed by atoms with Crippen LogP contribution in [-0.2, 0) is 6.61 Å². The lowest BCUT2D eigenvalue weighted by atomic mass is 10.1. The van der Waals surface area contributed by atoms with Crippen molar-refractivity contribution < 1.29 is 18.3 Å². The van der Waals surface area contributed by atoms with E-state index in [4.69, 9.17) is 9.15 Å². The van der Waals surface area contributed by atoms with Gasteiger partial charge in [0.2, 0.25) is 0 Å². The van der Waals surface area contributed by atoms with E-state index in [1.165, 1.54) is 24.3 Å². The van der Waals surface area contributed by atoms with Crippen molar-refractivity contribution in [3.05, 3.63) is 89.6 Å². The van der Waals surface area contributed by atoms with Crippen LogP contribution in [0.1, 0.15) is 27.9 Å². The highest BCUT2D eigenvalue weighted by molar-refractivity contribution is 5.91. The topological polar surface area (TPSA) is 54.7 Å². The predicted molar refractivity (Wildman–Crippen MR) is 105 cm³/mol. The summed E-state index contributed by atoms with van der Waals surface area (Å²) in [7, 11) is 3.95. The predicted octanol–water partition coefficient (Wildman–Crippen LogP) is 4.03. The van der Waals surface area contributed by atoms with Gasteiger partial charge in [-0.1, -0.05) is 30.3 Å². The Morgan fingerprint density at radius 2 is 1.79 bits per heavy atom. The summed E-state index contributed by atoms with van der Waals surface area (Å²) >= 11 is 0. The van der Waals surface area contributed by atoms with Crippen LogP contribution in [0.5, 0.6) is 5.75 Å². The fourth-order valence-electron chi connectivity index (χ4n) is 2.81. The number of hydrogen-bond acceptors (Lipinski definition) is 4. The van der Waals surface area contributed by atoms with Crippen molar-refractivity contribution >= 4 is 5.91 Å². The van der Waals surface area contributed by atoms with Crippen LogP contribution in [0.2, 0.25) is 0 Å². The van der Waals surface area contributed by atoms with Gasteiger partial charge in [0.1, 0.15) is 23.9 Å². The maximum Gasteiger partial charge on any atom is 0.287 e. The Hall–Kier alpha value is -3.12. The van der Waals surface area contributed by atoms with Crippen molar-refractivity contribution in [1.29, 1.82) is 0 Å². The summed E-state index contributed by atoms with van der Waals surface area (Å²) in [6.45, 7) is 0.612. The molecule has 0 saturated carbocycles. The van der Waals surface area contributed by atoms with Crippen molar-refractivity contribution in [1.82, 2.24) is 10.2 Å². The molecule has 0 spiro atoms. The van der Waals surface area contributed by atoms with Gasteiger partial charge in [-0.05, 0) is 56.1 Å². The molecule has 1 amide bonds. The molecule has 6 heteroatoms. The Labute approximate surface area is 163 Å². The third-order valence-corrected chi connectivity index (χ3v) is 4.34. The largest absolute Gasteiger partial charge is 0.486 e. The molecule has 146 valence electrons. The van der Waals surface area contributed by atoms with Gasteiger partial charge in [-0.25, -0.2) is 4.39 Å². The molecule has 1 aromatic heterocycles. The molecule has 0 saturated heterocycles. The van der Waals surface area contributed by atoms with Gasteiger partial charge in [0, 0.05) is 6.54 Å². The molecule has 1 unspecified atom stereocenters. The minimum Gasteiger partial charge on any atom is -0.486 e. The first kappa shape index (κ1) is 19.6. The van der Waals surface area contributed by atoms with Crippen LogP contribution in [0, 0.1) is 5.82 Å². The van der Waals surface area contributed by atoms with E-state index in [1.807, 2.05) is 44.4 Å². The molecule has 1 N–H and O–H groups in total. The van der Waals surface area contributed by atoms with Crippen molar-refractivity contribution in [3.63, 3.8) is 0 Å². The number of hydrogen-bond donors (Lipinski definition) is 1. The van der Waals surface area contributed by atoms with E-state index in [9.17, 15) is 9.18 Å². The van der Waals surface area contributed by atoms with E-state index in [1.54, 1.807) is 12.1 Å². The first-order valence-electron chi connectivity index (χ1n) is 8.99. The lowest BCUT2D eigenvalue weighted by molar-refractivity contribution is 0.0910. The average Bonchev–Trinajstić information content (AvgIpc) is 3.17. The smallest absolute Gasteiger partial charge is 0.287 e. The summed E-state index contributed by atoms with van der Waals surface area (Å²) in [4.78, 5) is 14.5. The Morgan fingerprint density at radius 1 is 1.07 bits per heavy atom. The summed E-state index contributed by atoms with van der Waals surface area (Å²) < 4.78 is 24.0. The maximum atomic E-state index is 12.9. The van der Waals surface area contributed by atoms with E-state index < -0.39 is 0 Å². The third kappa shape index (κ3) is 5.20. The fourth-order valence-corrected chi connectivity index (χ4v) is 2.81. The van der Waals surface area contributed by atoms with Crippen LogP contribution in [0.4, 0.5) is 4.39 Å². The van der Waals surface area contributed by atoms with Crippen LogP contribution in [-0.4, -0.2) is 31.4 Å². The van der Waals surface area contributed by atoms with E-state index in [2.05, 4.69) is 10.2 Å². The number of nitrogens with zero attached hydrogens (tertiary/aromatic N) is 1. The first-order chi connectivity index (χ1) is 13.5. The summed E-state index contributed by atoms with van der Waals surface area (Å²) in [5, 5.41) is 2.92.